The van der Waals surface area contributed by atoms with E-state index in [1.165, 1.54) is 11.9 Å². The molecule has 1 saturated heterocycles. The zero-order valence-electron chi connectivity index (χ0n) is 14.3. The number of carbonyl (C=O) groups is 1. The Hall–Kier alpha value is -0.780. The van der Waals surface area contributed by atoms with Crippen molar-refractivity contribution >= 4 is 35.8 Å². The molecule has 0 saturated carbocycles. The maximum absolute atomic E-state index is 12.2. The zero-order valence-corrected chi connectivity index (χ0v) is 16.6. The van der Waals surface area contributed by atoms with Crippen molar-refractivity contribution in [3.8, 4) is 0 Å². The number of likely N-dealkylation sites (N-methyl/N-ethyl adjacent to an activating group) is 1. The highest BCUT2D eigenvalue weighted by Crippen LogP contribution is 2.15. The molecule has 2 N–H and O–H groups in total. The van der Waals surface area contributed by atoms with Crippen molar-refractivity contribution in [2.24, 2.45) is 4.99 Å². The molecule has 1 aliphatic heterocycles. The van der Waals surface area contributed by atoms with Crippen LogP contribution < -0.4 is 10.6 Å². The lowest BCUT2D eigenvalue weighted by atomic mass is 10.3. The van der Waals surface area contributed by atoms with Gasteiger partial charge in [-0.15, -0.1) is 24.0 Å². The van der Waals surface area contributed by atoms with E-state index >= 15 is 0 Å². The van der Waals surface area contributed by atoms with Gasteiger partial charge in [0.05, 0.1) is 6.54 Å². The van der Waals surface area contributed by atoms with Crippen LogP contribution in [0, 0.1) is 0 Å². The zero-order chi connectivity index (χ0) is 17.5. The first-order valence-corrected chi connectivity index (χ1v) is 7.75. The van der Waals surface area contributed by atoms with Crippen LogP contribution in [0.15, 0.2) is 4.99 Å². The molecule has 1 atom stereocenters. The van der Waals surface area contributed by atoms with Crippen molar-refractivity contribution < 1.29 is 18.0 Å². The summed E-state index contributed by atoms with van der Waals surface area (Å²) >= 11 is 0. The first-order valence-electron chi connectivity index (χ1n) is 7.75. The summed E-state index contributed by atoms with van der Waals surface area (Å²) < 4.78 is 36.7. The Morgan fingerprint density at radius 1 is 1.42 bits per heavy atom. The van der Waals surface area contributed by atoms with E-state index in [2.05, 4.69) is 15.6 Å². The Balaban J connectivity index is 0.00000529. The van der Waals surface area contributed by atoms with E-state index in [0.29, 0.717) is 25.5 Å². The second-order valence-electron chi connectivity index (χ2n) is 5.68. The lowest BCUT2D eigenvalue weighted by molar-refractivity contribution is -0.142. The van der Waals surface area contributed by atoms with Gasteiger partial charge in [-0.2, -0.15) is 13.2 Å². The lowest BCUT2D eigenvalue weighted by Gasteiger charge is -2.21. The monoisotopic (exact) mass is 465 g/mol. The number of likely N-dealkylation sites (tertiary alicyclic amines) is 1. The van der Waals surface area contributed by atoms with Crippen LogP contribution in [0.1, 0.15) is 19.8 Å². The van der Waals surface area contributed by atoms with Crippen molar-refractivity contribution in [3.05, 3.63) is 0 Å². The minimum atomic E-state index is -4.19. The van der Waals surface area contributed by atoms with E-state index in [-0.39, 0.29) is 42.5 Å². The molecule has 0 radical (unpaired) electrons. The van der Waals surface area contributed by atoms with Crippen LogP contribution in [-0.4, -0.2) is 80.7 Å². The number of nitrogens with one attached hydrogen (secondary N) is 2. The summed E-state index contributed by atoms with van der Waals surface area (Å²) in [6, 6.07) is 0.115. The summed E-state index contributed by atoms with van der Waals surface area (Å²) in [4.78, 5) is 18.7. The predicted octanol–water partition coefficient (Wildman–Crippen LogP) is 1.27. The minimum Gasteiger partial charge on any atom is -0.355 e. The number of guanidine groups is 1. The molecule has 10 heteroatoms. The van der Waals surface area contributed by atoms with Gasteiger partial charge in [0.25, 0.3) is 0 Å². The van der Waals surface area contributed by atoms with Gasteiger partial charge in [0, 0.05) is 45.7 Å². The van der Waals surface area contributed by atoms with Gasteiger partial charge in [-0.25, -0.2) is 0 Å². The predicted molar refractivity (Wildman–Crippen MR) is 98.7 cm³/mol. The number of alkyl halides is 3. The molecule has 1 amide bonds. The number of amides is 1. The van der Waals surface area contributed by atoms with E-state index in [9.17, 15) is 18.0 Å². The van der Waals surface area contributed by atoms with Crippen molar-refractivity contribution in [2.45, 2.75) is 32.0 Å². The van der Waals surface area contributed by atoms with Crippen LogP contribution >= 0.6 is 24.0 Å². The van der Waals surface area contributed by atoms with Crippen LogP contribution in [0.2, 0.25) is 0 Å². The third-order valence-corrected chi connectivity index (χ3v) is 3.64. The standard InChI is InChI=1S/C14H26F3N5O.HI/c1-4-12(23)22-7-5-11(9-22)20-13(18-2)19-6-8-21(3)10-14(15,16)17;/h11H,4-10H2,1-3H3,(H2,18,19,20);1H. The Bertz CT molecular complexity index is 420. The fourth-order valence-electron chi connectivity index (χ4n) is 2.47. The highest BCUT2D eigenvalue weighted by Gasteiger charge is 2.29. The van der Waals surface area contributed by atoms with Gasteiger partial charge in [-0.05, 0) is 13.5 Å². The molecule has 1 rings (SSSR count). The number of rotatable bonds is 6. The average molecular weight is 465 g/mol. The third kappa shape index (κ3) is 8.90. The van der Waals surface area contributed by atoms with E-state index in [0.717, 1.165) is 13.0 Å². The summed E-state index contributed by atoms with van der Waals surface area (Å²) in [7, 11) is 3.04. The number of halogens is 4. The van der Waals surface area contributed by atoms with Crippen molar-refractivity contribution in [1.29, 1.82) is 0 Å². The molecule has 6 nitrogen and oxygen atoms in total. The molecule has 1 aliphatic rings. The van der Waals surface area contributed by atoms with E-state index < -0.39 is 12.7 Å². The molecule has 0 aromatic carbocycles. The van der Waals surface area contributed by atoms with E-state index in [1.54, 1.807) is 7.05 Å². The normalized spacial score (nSPS) is 18.5. The second-order valence-corrected chi connectivity index (χ2v) is 5.68. The quantitative estimate of drug-likeness (QED) is 0.353. The summed E-state index contributed by atoms with van der Waals surface area (Å²) in [5.74, 6) is 0.673. The maximum Gasteiger partial charge on any atom is 0.401 e. The lowest BCUT2D eigenvalue weighted by Crippen LogP contribution is -2.47. The summed E-state index contributed by atoms with van der Waals surface area (Å²) in [5.41, 5.74) is 0. The van der Waals surface area contributed by atoms with Gasteiger partial charge in [-0.3, -0.25) is 14.7 Å². The number of hydrogen-bond donors (Lipinski definition) is 2. The number of carbonyl (C=O) groups excluding carboxylic acids is 1. The van der Waals surface area contributed by atoms with Gasteiger partial charge >= 0.3 is 6.18 Å². The third-order valence-electron chi connectivity index (χ3n) is 3.64. The average Bonchev–Trinajstić information content (AvgIpc) is 2.92. The van der Waals surface area contributed by atoms with Crippen LogP contribution in [0.3, 0.4) is 0 Å². The van der Waals surface area contributed by atoms with Gasteiger partial charge < -0.3 is 15.5 Å². The van der Waals surface area contributed by atoms with Crippen LogP contribution in [0.4, 0.5) is 13.2 Å². The van der Waals surface area contributed by atoms with Gasteiger partial charge in [0.1, 0.15) is 0 Å². The topological polar surface area (TPSA) is 60.0 Å². The molecule has 1 unspecified atom stereocenters. The van der Waals surface area contributed by atoms with Gasteiger partial charge in [0.2, 0.25) is 5.91 Å². The summed E-state index contributed by atoms with van der Waals surface area (Å²) in [5, 5.41) is 6.20. The molecule has 24 heavy (non-hydrogen) atoms. The van der Waals surface area contributed by atoms with Gasteiger partial charge in [0.15, 0.2) is 5.96 Å². The van der Waals surface area contributed by atoms with Crippen LogP contribution in [0.5, 0.6) is 0 Å². The first kappa shape index (κ1) is 23.2. The molecule has 1 heterocycles. The Morgan fingerprint density at radius 2 is 2.08 bits per heavy atom. The molecule has 0 bridgehead atoms. The SMILES string of the molecule is CCC(=O)N1CCC(NC(=NC)NCCN(C)CC(F)(F)F)C1.I. The van der Waals surface area contributed by atoms with E-state index in [4.69, 9.17) is 0 Å². The molecular formula is C14H27F3IN5O. The highest BCUT2D eigenvalue weighted by atomic mass is 127. The maximum atomic E-state index is 12.2. The largest absolute Gasteiger partial charge is 0.401 e. The fraction of sp³-hybridized carbons (Fsp3) is 0.857. The minimum absolute atomic E-state index is 0. The highest BCUT2D eigenvalue weighted by molar-refractivity contribution is 14.0. The summed E-state index contributed by atoms with van der Waals surface area (Å²) in [6.07, 6.45) is -2.86. The molecular weight excluding hydrogens is 438 g/mol. The smallest absolute Gasteiger partial charge is 0.355 e. The van der Waals surface area contributed by atoms with Crippen LogP contribution in [-0.2, 0) is 4.79 Å². The van der Waals surface area contributed by atoms with Gasteiger partial charge in [-0.1, -0.05) is 6.92 Å². The van der Waals surface area contributed by atoms with Crippen molar-refractivity contribution in [2.75, 3.05) is 46.8 Å². The molecule has 0 aliphatic carbocycles. The van der Waals surface area contributed by atoms with E-state index in [1.807, 2.05) is 11.8 Å². The Labute approximate surface area is 158 Å². The first-order chi connectivity index (χ1) is 10.7. The van der Waals surface area contributed by atoms with Crippen molar-refractivity contribution in [1.82, 2.24) is 20.4 Å². The second kappa shape index (κ2) is 11.0. The number of hydrogen-bond acceptors (Lipinski definition) is 3. The molecule has 0 spiro atoms. The Kier molecular flexibility index (Phi) is 10.6. The molecule has 0 aromatic rings. The molecule has 0 aromatic heterocycles. The fourth-order valence-corrected chi connectivity index (χ4v) is 2.47. The number of aliphatic imine (C=N–C) groups is 1. The molecule has 1 fully saturated rings. The Morgan fingerprint density at radius 3 is 2.62 bits per heavy atom. The van der Waals surface area contributed by atoms with Crippen LogP contribution in [0.25, 0.3) is 0 Å². The number of nitrogens with zero attached hydrogens (tertiary/aromatic N) is 3. The summed E-state index contributed by atoms with van der Waals surface area (Å²) in [6.45, 7) is 2.86. The van der Waals surface area contributed by atoms with Crippen molar-refractivity contribution in [3.63, 3.8) is 0 Å². The molecule has 142 valence electrons.